The van der Waals surface area contributed by atoms with Crippen LogP contribution in [-0.2, 0) is 4.79 Å². The number of carbonyl (C=O) groups is 1. The Balaban J connectivity index is 1.57. The number of halogens is 1. The molecule has 2 aromatic rings. The van der Waals surface area contributed by atoms with Crippen LogP contribution in [0, 0.1) is 0 Å². The first-order chi connectivity index (χ1) is 12.1. The quantitative estimate of drug-likeness (QED) is 0.657. The molecule has 0 saturated heterocycles. The smallest absolute Gasteiger partial charge is 0.277 e. The molecule has 0 fully saturated rings. The number of nitrogens with zero attached hydrogens (tertiary/aromatic N) is 1. The van der Waals surface area contributed by atoms with Gasteiger partial charge >= 0.3 is 0 Å². The average Bonchev–Trinajstić information content (AvgIpc) is 2.65. The lowest BCUT2D eigenvalue weighted by atomic mass is 10.1. The molecule has 25 heavy (non-hydrogen) atoms. The Labute approximate surface area is 150 Å². The van der Waals surface area contributed by atoms with Gasteiger partial charge < -0.3 is 14.2 Å². The molecular formula is C18H17ClN2O4. The second kappa shape index (κ2) is 7.90. The highest BCUT2D eigenvalue weighted by atomic mass is 35.5. The van der Waals surface area contributed by atoms with E-state index in [2.05, 4.69) is 10.5 Å². The summed E-state index contributed by atoms with van der Waals surface area (Å²) in [6, 6.07) is 12.5. The second-order valence-corrected chi connectivity index (χ2v) is 5.72. The molecule has 7 heteroatoms. The van der Waals surface area contributed by atoms with Gasteiger partial charge in [-0.3, -0.25) is 4.79 Å². The zero-order valence-corrected chi connectivity index (χ0v) is 14.4. The Morgan fingerprint density at radius 1 is 1.20 bits per heavy atom. The number of carbonyl (C=O) groups excluding carboxylic acids is 1. The minimum Gasteiger partial charge on any atom is -0.486 e. The number of nitrogens with one attached hydrogen (secondary N) is 1. The SMILES string of the molecule is C/C(=N\NC(=O)COc1ccccc1Cl)c1ccc2c(c1)OCCO2. The fraction of sp³-hybridized carbons (Fsp3) is 0.222. The largest absolute Gasteiger partial charge is 0.486 e. The standard InChI is InChI=1S/C18H17ClN2O4/c1-12(13-6-7-16-17(10-13)24-9-8-23-16)20-21-18(22)11-25-15-5-3-2-4-14(15)19/h2-7,10H,8-9,11H2,1H3,(H,21,22)/b20-12+. The van der Waals surface area contributed by atoms with Gasteiger partial charge in [-0.15, -0.1) is 0 Å². The molecule has 3 rings (SSSR count). The number of fused-ring (bicyclic) bond motifs is 1. The molecule has 1 N–H and O–H groups in total. The molecule has 0 unspecified atom stereocenters. The van der Waals surface area contributed by atoms with Gasteiger partial charge in [0.1, 0.15) is 19.0 Å². The van der Waals surface area contributed by atoms with E-state index in [1.165, 1.54) is 0 Å². The Hall–Kier alpha value is -2.73. The van der Waals surface area contributed by atoms with Gasteiger partial charge in [0.25, 0.3) is 5.91 Å². The molecule has 2 aromatic carbocycles. The maximum atomic E-state index is 11.9. The van der Waals surface area contributed by atoms with Crippen LogP contribution < -0.4 is 19.6 Å². The summed E-state index contributed by atoms with van der Waals surface area (Å²) >= 11 is 5.97. The monoisotopic (exact) mass is 360 g/mol. The van der Waals surface area contributed by atoms with Crippen LogP contribution >= 0.6 is 11.6 Å². The normalized spacial score (nSPS) is 13.3. The first kappa shape index (κ1) is 17.1. The van der Waals surface area contributed by atoms with Crippen LogP contribution in [0.25, 0.3) is 0 Å². The number of ether oxygens (including phenoxy) is 3. The van der Waals surface area contributed by atoms with Gasteiger partial charge in [0.05, 0.1) is 10.7 Å². The summed E-state index contributed by atoms with van der Waals surface area (Å²) in [5, 5.41) is 4.54. The van der Waals surface area contributed by atoms with Crippen molar-refractivity contribution in [1.82, 2.24) is 5.43 Å². The molecule has 1 amide bonds. The van der Waals surface area contributed by atoms with Gasteiger partial charge in [-0.1, -0.05) is 23.7 Å². The van der Waals surface area contributed by atoms with E-state index >= 15 is 0 Å². The maximum absolute atomic E-state index is 11.9. The van der Waals surface area contributed by atoms with E-state index in [4.69, 9.17) is 25.8 Å². The van der Waals surface area contributed by atoms with E-state index in [1.54, 1.807) is 31.2 Å². The maximum Gasteiger partial charge on any atom is 0.277 e. The van der Waals surface area contributed by atoms with Crippen molar-refractivity contribution < 1.29 is 19.0 Å². The van der Waals surface area contributed by atoms with E-state index in [1.807, 2.05) is 18.2 Å². The van der Waals surface area contributed by atoms with Crippen molar-refractivity contribution in [3.05, 3.63) is 53.1 Å². The second-order valence-electron chi connectivity index (χ2n) is 5.31. The number of hydrogen-bond donors (Lipinski definition) is 1. The number of hydrazone groups is 1. The van der Waals surface area contributed by atoms with E-state index < -0.39 is 0 Å². The lowest BCUT2D eigenvalue weighted by molar-refractivity contribution is -0.123. The summed E-state index contributed by atoms with van der Waals surface area (Å²) in [5.74, 6) is 1.45. The summed E-state index contributed by atoms with van der Waals surface area (Å²) in [4.78, 5) is 11.9. The number of hydrogen-bond acceptors (Lipinski definition) is 5. The van der Waals surface area contributed by atoms with E-state index in [-0.39, 0.29) is 12.5 Å². The van der Waals surface area contributed by atoms with Crippen molar-refractivity contribution in [1.29, 1.82) is 0 Å². The first-order valence-corrected chi connectivity index (χ1v) is 8.12. The van der Waals surface area contributed by atoms with Gasteiger partial charge in [0, 0.05) is 5.56 Å². The molecule has 0 bridgehead atoms. The van der Waals surface area contributed by atoms with Crippen LogP contribution in [0.3, 0.4) is 0 Å². The van der Waals surface area contributed by atoms with E-state index in [9.17, 15) is 4.79 Å². The highest BCUT2D eigenvalue weighted by Crippen LogP contribution is 2.30. The van der Waals surface area contributed by atoms with Crippen molar-refractivity contribution in [3.8, 4) is 17.2 Å². The van der Waals surface area contributed by atoms with Crippen LogP contribution in [-0.4, -0.2) is 31.4 Å². The first-order valence-electron chi connectivity index (χ1n) is 7.74. The predicted molar refractivity (Wildman–Crippen MR) is 94.7 cm³/mol. The molecule has 0 spiro atoms. The fourth-order valence-electron chi connectivity index (χ4n) is 2.22. The summed E-state index contributed by atoms with van der Waals surface area (Å²) in [7, 11) is 0. The van der Waals surface area contributed by atoms with Crippen molar-refractivity contribution in [2.24, 2.45) is 5.10 Å². The Morgan fingerprint density at radius 3 is 2.76 bits per heavy atom. The Bertz CT molecular complexity index is 807. The van der Waals surface area contributed by atoms with Crippen molar-refractivity contribution >= 4 is 23.2 Å². The zero-order valence-electron chi connectivity index (χ0n) is 13.6. The fourth-order valence-corrected chi connectivity index (χ4v) is 2.41. The lowest BCUT2D eigenvalue weighted by Crippen LogP contribution is -2.25. The molecular weight excluding hydrogens is 344 g/mol. The Kier molecular flexibility index (Phi) is 5.40. The van der Waals surface area contributed by atoms with E-state index in [0.717, 1.165) is 5.56 Å². The van der Waals surface area contributed by atoms with Gasteiger partial charge in [-0.2, -0.15) is 5.10 Å². The Morgan fingerprint density at radius 2 is 1.96 bits per heavy atom. The van der Waals surface area contributed by atoms with Crippen LogP contribution in [0.5, 0.6) is 17.2 Å². The summed E-state index contributed by atoms with van der Waals surface area (Å²) in [6.07, 6.45) is 0. The van der Waals surface area contributed by atoms with Crippen molar-refractivity contribution in [3.63, 3.8) is 0 Å². The van der Waals surface area contributed by atoms with Crippen LogP contribution in [0.2, 0.25) is 5.02 Å². The van der Waals surface area contributed by atoms with Gasteiger partial charge in [-0.05, 0) is 37.3 Å². The number of rotatable bonds is 5. The third-order valence-corrected chi connectivity index (χ3v) is 3.82. The van der Waals surface area contributed by atoms with Crippen molar-refractivity contribution in [2.75, 3.05) is 19.8 Å². The third-order valence-electron chi connectivity index (χ3n) is 3.50. The molecule has 0 atom stereocenters. The molecule has 1 heterocycles. The molecule has 1 aliphatic rings. The number of amides is 1. The highest BCUT2D eigenvalue weighted by molar-refractivity contribution is 6.32. The van der Waals surface area contributed by atoms with E-state index in [0.29, 0.717) is 41.2 Å². The minimum atomic E-state index is -0.378. The molecule has 0 aromatic heterocycles. The van der Waals surface area contributed by atoms with Crippen LogP contribution in [0.15, 0.2) is 47.6 Å². The average molecular weight is 361 g/mol. The molecule has 1 aliphatic heterocycles. The third kappa shape index (κ3) is 4.42. The molecule has 130 valence electrons. The van der Waals surface area contributed by atoms with Gasteiger partial charge in [0.2, 0.25) is 0 Å². The van der Waals surface area contributed by atoms with Crippen LogP contribution in [0.4, 0.5) is 0 Å². The van der Waals surface area contributed by atoms with Gasteiger partial charge in [-0.25, -0.2) is 5.43 Å². The number of para-hydroxylation sites is 1. The predicted octanol–water partition coefficient (Wildman–Crippen LogP) is 3.03. The topological polar surface area (TPSA) is 69.2 Å². The highest BCUT2D eigenvalue weighted by Gasteiger charge is 2.13. The number of benzene rings is 2. The minimum absolute atomic E-state index is 0.179. The van der Waals surface area contributed by atoms with Crippen LogP contribution in [0.1, 0.15) is 12.5 Å². The summed E-state index contributed by atoms with van der Waals surface area (Å²) < 4.78 is 16.4. The van der Waals surface area contributed by atoms with Crippen molar-refractivity contribution in [2.45, 2.75) is 6.92 Å². The summed E-state index contributed by atoms with van der Waals surface area (Å²) in [6.45, 7) is 2.67. The molecule has 6 nitrogen and oxygen atoms in total. The van der Waals surface area contributed by atoms with Gasteiger partial charge in [0.15, 0.2) is 18.1 Å². The molecule has 0 aliphatic carbocycles. The molecule has 0 saturated carbocycles. The zero-order chi connectivity index (χ0) is 17.6. The summed E-state index contributed by atoms with van der Waals surface area (Å²) in [5.41, 5.74) is 3.93. The molecule has 0 radical (unpaired) electrons. The lowest BCUT2D eigenvalue weighted by Gasteiger charge is -2.18.